The minimum Gasteiger partial charge on any atom is -0.332 e. The van der Waals surface area contributed by atoms with E-state index in [2.05, 4.69) is 14.9 Å². The highest BCUT2D eigenvalue weighted by Gasteiger charge is 2.44. The molecule has 2 aliphatic heterocycles. The number of alkyl halides is 3. The van der Waals surface area contributed by atoms with Gasteiger partial charge in [-0.3, -0.25) is 14.4 Å². The van der Waals surface area contributed by atoms with E-state index in [0.717, 1.165) is 49.8 Å². The summed E-state index contributed by atoms with van der Waals surface area (Å²) in [5.41, 5.74) is 0.527. The molecule has 1 aliphatic carbocycles. The van der Waals surface area contributed by atoms with Gasteiger partial charge >= 0.3 is 6.18 Å². The molecule has 2 atom stereocenters. The van der Waals surface area contributed by atoms with Crippen molar-refractivity contribution in [2.75, 3.05) is 39.8 Å². The normalized spacial score (nSPS) is 24.0. The summed E-state index contributed by atoms with van der Waals surface area (Å²) >= 11 is 6.64. The van der Waals surface area contributed by atoms with E-state index in [1.165, 1.54) is 12.1 Å². The summed E-state index contributed by atoms with van der Waals surface area (Å²) in [5.74, 6) is -0.910. The Morgan fingerprint density at radius 1 is 1.08 bits per heavy atom. The molecule has 0 N–H and O–H groups in total. The smallest absolute Gasteiger partial charge is 0.332 e. The minimum absolute atomic E-state index is 0.0256. The Balaban J connectivity index is 1.47. The first-order chi connectivity index (χ1) is 17.0. The maximum atomic E-state index is 14.5. The van der Waals surface area contributed by atoms with Crippen molar-refractivity contribution in [3.63, 3.8) is 0 Å². The van der Waals surface area contributed by atoms with Crippen LogP contribution in [0.15, 0.2) is 18.2 Å². The van der Waals surface area contributed by atoms with Crippen LogP contribution >= 0.6 is 11.6 Å². The van der Waals surface area contributed by atoms with Crippen LogP contribution in [0, 0.1) is 12.7 Å². The highest BCUT2D eigenvalue weighted by molar-refractivity contribution is 6.32. The van der Waals surface area contributed by atoms with Crippen LogP contribution in [0.4, 0.5) is 17.6 Å². The topological polar surface area (TPSA) is 44.6 Å². The van der Waals surface area contributed by atoms with Crippen LogP contribution < -0.4 is 0 Å². The van der Waals surface area contributed by atoms with Crippen molar-refractivity contribution >= 4 is 17.5 Å². The summed E-state index contributed by atoms with van der Waals surface area (Å²) in [4.78, 5) is 19.6. The molecule has 36 heavy (non-hydrogen) atoms. The molecule has 1 amide bonds. The van der Waals surface area contributed by atoms with Crippen molar-refractivity contribution < 1.29 is 22.4 Å². The second kappa shape index (κ2) is 9.61. The fraction of sp³-hybridized carbons (Fsp3) is 0.600. The molecule has 1 aromatic heterocycles. The first kappa shape index (κ1) is 25.5. The molecular weight excluding hydrogens is 498 g/mol. The van der Waals surface area contributed by atoms with E-state index in [1.807, 2.05) is 7.05 Å². The Bertz CT molecular complexity index is 1140. The van der Waals surface area contributed by atoms with Crippen molar-refractivity contribution in [3.8, 4) is 0 Å². The second-order valence-electron chi connectivity index (χ2n) is 10.2. The molecule has 3 aliphatic rings. The molecule has 5 rings (SSSR count). The molecule has 0 bridgehead atoms. The molecule has 3 fully saturated rings. The van der Waals surface area contributed by atoms with Gasteiger partial charge < -0.3 is 9.80 Å². The summed E-state index contributed by atoms with van der Waals surface area (Å²) in [6, 6.07) is 3.09. The lowest BCUT2D eigenvalue weighted by Gasteiger charge is -2.40. The highest BCUT2D eigenvalue weighted by atomic mass is 35.5. The summed E-state index contributed by atoms with van der Waals surface area (Å²) in [6.45, 7) is 4.82. The average Bonchev–Trinajstić information content (AvgIpc) is 3.41. The molecule has 0 spiro atoms. The first-order valence-corrected chi connectivity index (χ1v) is 12.7. The van der Waals surface area contributed by atoms with Crippen LogP contribution in [-0.4, -0.2) is 76.2 Å². The van der Waals surface area contributed by atoms with Gasteiger partial charge in [0.05, 0.1) is 11.7 Å². The van der Waals surface area contributed by atoms with Gasteiger partial charge in [-0.1, -0.05) is 11.6 Å². The van der Waals surface area contributed by atoms with E-state index >= 15 is 0 Å². The quantitative estimate of drug-likeness (QED) is 0.538. The molecule has 11 heteroatoms. The fourth-order valence-corrected chi connectivity index (χ4v) is 5.74. The van der Waals surface area contributed by atoms with Crippen LogP contribution in [0.3, 0.4) is 0 Å². The zero-order valence-electron chi connectivity index (χ0n) is 20.4. The second-order valence-corrected chi connectivity index (χ2v) is 10.6. The molecule has 1 saturated carbocycles. The Kier molecular flexibility index (Phi) is 6.80. The van der Waals surface area contributed by atoms with Crippen molar-refractivity contribution in [3.05, 3.63) is 51.6 Å². The van der Waals surface area contributed by atoms with Crippen LogP contribution in [0.5, 0.6) is 0 Å². The van der Waals surface area contributed by atoms with Gasteiger partial charge in [0.15, 0.2) is 0 Å². The third kappa shape index (κ3) is 4.99. The maximum Gasteiger partial charge on any atom is 0.433 e. The molecular formula is C25H30ClF4N5O. The highest BCUT2D eigenvalue weighted by Crippen LogP contribution is 2.43. The third-order valence-corrected chi connectivity index (χ3v) is 8.15. The van der Waals surface area contributed by atoms with Crippen molar-refractivity contribution in [1.29, 1.82) is 0 Å². The van der Waals surface area contributed by atoms with E-state index in [-0.39, 0.29) is 12.0 Å². The zero-order chi connectivity index (χ0) is 25.8. The lowest BCUT2D eigenvalue weighted by molar-refractivity contribution is -0.146. The summed E-state index contributed by atoms with van der Waals surface area (Å²) < 4.78 is 56.5. The van der Waals surface area contributed by atoms with Gasteiger partial charge in [-0.15, -0.1) is 0 Å². The van der Waals surface area contributed by atoms with Crippen LogP contribution in [0.25, 0.3) is 0 Å². The van der Waals surface area contributed by atoms with Gasteiger partial charge in [0, 0.05) is 49.7 Å². The Labute approximate surface area is 212 Å². The summed E-state index contributed by atoms with van der Waals surface area (Å²) in [6.07, 6.45) is -2.37. The molecule has 196 valence electrons. The fourth-order valence-electron chi connectivity index (χ4n) is 5.52. The molecule has 2 aromatic rings. The molecule has 6 nitrogen and oxygen atoms in total. The van der Waals surface area contributed by atoms with Gasteiger partial charge in [0.1, 0.15) is 18.1 Å². The van der Waals surface area contributed by atoms with Gasteiger partial charge in [-0.05, 0) is 62.6 Å². The molecule has 0 radical (unpaired) electrons. The van der Waals surface area contributed by atoms with Gasteiger partial charge in [0.25, 0.3) is 0 Å². The summed E-state index contributed by atoms with van der Waals surface area (Å²) in [5, 5.41) is 4.54. The Morgan fingerprint density at radius 3 is 2.42 bits per heavy atom. The number of aryl methyl sites for hydroxylation is 1. The SMILES string of the molecule is Cc1cc(F)cc([C@H]2[C@@H](N3CCN(C)CC3)CCN2C(=O)Cn2nc(C3CC3)cc2C(F)(F)F)c1Cl. The first-order valence-electron chi connectivity index (χ1n) is 12.4. The van der Waals surface area contributed by atoms with Crippen LogP contribution in [-0.2, 0) is 17.5 Å². The number of likely N-dealkylation sites (tertiary alicyclic amines) is 1. The Morgan fingerprint density at radius 2 is 1.78 bits per heavy atom. The average molecular weight is 528 g/mol. The van der Waals surface area contributed by atoms with E-state index in [1.54, 1.807) is 11.8 Å². The number of halogens is 5. The minimum atomic E-state index is -4.61. The monoisotopic (exact) mass is 527 g/mol. The van der Waals surface area contributed by atoms with E-state index < -0.39 is 36.2 Å². The largest absolute Gasteiger partial charge is 0.433 e. The molecule has 0 unspecified atom stereocenters. The van der Waals surface area contributed by atoms with Gasteiger partial charge in [-0.2, -0.15) is 18.3 Å². The predicted octanol–water partition coefficient (Wildman–Crippen LogP) is 4.47. The number of aromatic nitrogens is 2. The molecule has 1 aromatic carbocycles. The van der Waals surface area contributed by atoms with Crippen LogP contribution in [0.2, 0.25) is 5.02 Å². The number of amides is 1. The van der Waals surface area contributed by atoms with Crippen molar-refractivity contribution in [2.24, 2.45) is 0 Å². The van der Waals surface area contributed by atoms with Crippen molar-refractivity contribution in [1.82, 2.24) is 24.5 Å². The van der Waals surface area contributed by atoms with E-state index in [9.17, 15) is 22.4 Å². The number of carbonyl (C=O) groups is 1. The number of nitrogens with zero attached hydrogens (tertiary/aromatic N) is 5. The lowest BCUT2D eigenvalue weighted by atomic mass is 9.96. The number of hydrogen-bond acceptors (Lipinski definition) is 4. The number of piperazine rings is 1. The zero-order valence-corrected chi connectivity index (χ0v) is 21.1. The molecule has 3 heterocycles. The third-order valence-electron chi connectivity index (χ3n) is 7.63. The van der Waals surface area contributed by atoms with E-state index in [4.69, 9.17) is 11.6 Å². The van der Waals surface area contributed by atoms with E-state index in [0.29, 0.717) is 34.8 Å². The standard InChI is InChI=1S/C25H30ClF4N5O/c1-15-11-17(27)12-18(23(15)26)24-20(33-9-7-32(2)8-10-33)5-6-34(24)22(36)14-35-21(25(28,29)30)13-19(31-35)16-3-4-16/h11-13,16,20,24H,3-10,14H2,1-2H3/t20-,24-/m0/s1. The Hall–Kier alpha value is -2.17. The maximum absolute atomic E-state index is 14.5. The summed E-state index contributed by atoms with van der Waals surface area (Å²) in [7, 11) is 2.05. The molecule has 2 saturated heterocycles. The number of likely N-dealkylation sites (N-methyl/N-ethyl adjacent to an activating group) is 1. The lowest BCUT2D eigenvalue weighted by Crippen LogP contribution is -2.51. The van der Waals surface area contributed by atoms with Gasteiger partial charge in [-0.25, -0.2) is 4.39 Å². The predicted molar refractivity (Wildman–Crippen MR) is 127 cm³/mol. The van der Waals surface area contributed by atoms with Gasteiger partial charge in [0.2, 0.25) is 5.91 Å². The van der Waals surface area contributed by atoms with Crippen molar-refractivity contribution in [2.45, 2.75) is 56.9 Å². The number of hydrogen-bond donors (Lipinski definition) is 0. The number of benzene rings is 1. The number of carbonyl (C=O) groups excluding carboxylic acids is 1. The van der Waals surface area contributed by atoms with Crippen LogP contribution in [0.1, 0.15) is 53.7 Å². The number of rotatable bonds is 5.